The maximum absolute atomic E-state index is 10.8. The van der Waals surface area contributed by atoms with Crippen molar-refractivity contribution in [1.82, 2.24) is 4.57 Å². The maximum atomic E-state index is 10.8. The van der Waals surface area contributed by atoms with Crippen molar-refractivity contribution < 1.29 is 4.79 Å². The van der Waals surface area contributed by atoms with Crippen LogP contribution in [-0.4, -0.2) is 17.1 Å². The first kappa shape index (κ1) is 11.0. The molecule has 0 N–H and O–H groups in total. The average molecular weight is 231 g/mol. The summed E-state index contributed by atoms with van der Waals surface area (Å²) >= 11 is 1.73. The second kappa shape index (κ2) is 5.03. The number of hydrogen-bond acceptors (Lipinski definition) is 2. The summed E-state index contributed by atoms with van der Waals surface area (Å²) in [5, 5.41) is 0. The lowest BCUT2D eigenvalue weighted by molar-refractivity contribution is 0.111. The molecule has 1 aromatic carbocycles. The van der Waals surface area contributed by atoms with E-state index in [1.807, 2.05) is 35.0 Å². The molecule has 0 saturated heterocycles. The molecule has 16 heavy (non-hydrogen) atoms. The van der Waals surface area contributed by atoms with E-state index < -0.39 is 0 Å². The van der Waals surface area contributed by atoms with Crippen molar-refractivity contribution in [2.45, 2.75) is 11.4 Å². The minimum absolute atomic E-state index is 0.718. The summed E-state index contributed by atoms with van der Waals surface area (Å²) in [4.78, 5) is 12.1. The normalized spacial score (nSPS) is 10.3. The summed E-state index contributed by atoms with van der Waals surface area (Å²) in [6.45, 7) is 0.748. The zero-order chi connectivity index (χ0) is 11.4. The van der Waals surface area contributed by atoms with Crippen molar-refractivity contribution >= 4 is 18.0 Å². The van der Waals surface area contributed by atoms with Crippen LogP contribution < -0.4 is 0 Å². The van der Waals surface area contributed by atoms with Gasteiger partial charge in [-0.3, -0.25) is 4.79 Å². The van der Waals surface area contributed by atoms with Gasteiger partial charge in [0, 0.05) is 17.6 Å². The van der Waals surface area contributed by atoms with Crippen molar-refractivity contribution in [2.75, 3.05) is 6.26 Å². The van der Waals surface area contributed by atoms with E-state index in [9.17, 15) is 4.79 Å². The van der Waals surface area contributed by atoms with E-state index in [1.54, 1.807) is 11.8 Å². The molecular weight excluding hydrogens is 218 g/mol. The summed E-state index contributed by atoms with van der Waals surface area (Å²) in [6.07, 6.45) is 4.89. The first-order valence-corrected chi connectivity index (χ1v) is 6.30. The number of aldehydes is 1. The number of carbonyl (C=O) groups excluding carboxylic acids is 1. The van der Waals surface area contributed by atoms with Gasteiger partial charge in [-0.1, -0.05) is 18.2 Å². The van der Waals surface area contributed by atoms with Crippen LogP contribution in [0.1, 0.15) is 16.1 Å². The monoisotopic (exact) mass is 231 g/mol. The van der Waals surface area contributed by atoms with E-state index in [0.29, 0.717) is 0 Å². The summed E-state index contributed by atoms with van der Waals surface area (Å²) in [6, 6.07) is 12.0. The third kappa shape index (κ3) is 2.19. The van der Waals surface area contributed by atoms with Gasteiger partial charge in [0.2, 0.25) is 0 Å². The zero-order valence-electron chi connectivity index (χ0n) is 9.09. The molecule has 1 aromatic heterocycles. The van der Waals surface area contributed by atoms with Gasteiger partial charge in [0.15, 0.2) is 6.29 Å². The zero-order valence-corrected chi connectivity index (χ0v) is 9.91. The van der Waals surface area contributed by atoms with Crippen LogP contribution in [0, 0.1) is 0 Å². The van der Waals surface area contributed by atoms with Crippen LogP contribution in [0.3, 0.4) is 0 Å². The molecule has 0 spiro atoms. The summed E-state index contributed by atoms with van der Waals surface area (Å²) in [7, 11) is 0. The Kier molecular flexibility index (Phi) is 3.47. The Bertz CT molecular complexity index is 490. The van der Waals surface area contributed by atoms with Crippen molar-refractivity contribution in [3.8, 4) is 0 Å². The van der Waals surface area contributed by atoms with Crippen LogP contribution in [0.4, 0.5) is 0 Å². The second-order valence-electron chi connectivity index (χ2n) is 3.49. The topological polar surface area (TPSA) is 22.0 Å². The molecule has 2 aromatic rings. The van der Waals surface area contributed by atoms with Crippen LogP contribution in [0.2, 0.25) is 0 Å². The molecule has 2 rings (SSSR count). The highest BCUT2D eigenvalue weighted by atomic mass is 32.2. The predicted molar refractivity (Wildman–Crippen MR) is 67.1 cm³/mol. The number of thioether (sulfide) groups is 1. The Hall–Kier alpha value is -1.48. The van der Waals surface area contributed by atoms with Crippen molar-refractivity contribution in [2.24, 2.45) is 0 Å². The minimum Gasteiger partial charge on any atom is -0.341 e. The lowest BCUT2D eigenvalue weighted by Crippen LogP contribution is -2.03. The van der Waals surface area contributed by atoms with E-state index in [0.717, 1.165) is 18.5 Å². The molecule has 3 heteroatoms. The Labute approximate surface area is 99.3 Å². The maximum Gasteiger partial charge on any atom is 0.166 e. The molecule has 0 bridgehead atoms. The Morgan fingerprint density at radius 3 is 2.81 bits per heavy atom. The van der Waals surface area contributed by atoms with Gasteiger partial charge in [-0.05, 0) is 30.0 Å². The standard InChI is InChI=1S/C13H13NOS/c1-16-13-7-3-2-5-11(13)9-14-8-4-6-12(14)10-15/h2-8,10H,9H2,1H3. The van der Waals surface area contributed by atoms with E-state index in [-0.39, 0.29) is 0 Å². The third-order valence-electron chi connectivity index (χ3n) is 2.52. The van der Waals surface area contributed by atoms with Crippen LogP contribution in [0.15, 0.2) is 47.5 Å². The smallest absolute Gasteiger partial charge is 0.166 e. The van der Waals surface area contributed by atoms with Gasteiger partial charge in [-0.25, -0.2) is 0 Å². The minimum atomic E-state index is 0.718. The molecule has 0 aliphatic rings. The number of nitrogens with zero attached hydrogens (tertiary/aromatic N) is 1. The van der Waals surface area contributed by atoms with E-state index in [1.165, 1.54) is 10.5 Å². The molecular formula is C13H13NOS. The molecule has 0 fully saturated rings. The van der Waals surface area contributed by atoms with Gasteiger partial charge >= 0.3 is 0 Å². The molecule has 1 heterocycles. The van der Waals surface area contributed by atoms with E-state index in [2.05, 4.69) is 18.4 Å². The van der Waals surface area contributed by atoms with Gasteiger partial charge in [0.05, 0.1) is 5.69 Å². The molecule has 0 atom stereocenters. The van der Waals surface area contributed by atoms with E-state index >= 15 is 0 Å². The molecule has 0 saturated carbocycles. The summed E-state index contributed by atoms with van der Waals surface area (Å²) in [5.74, 6) is 0. The van der Waals surface area contributed by atoms with Crippen molar-refractivity contribution in [1.29, 1.82) is 0 Å². The third-order valence-corrected chi connectivity index (χ3v) is 3.36. The Morgan fingerprint density at radius 1 is 1.25 bits per heavy atom. The van der Waals surface area contributed by atoms with Crippen LogP contribution >= 0.6 is 11.8 Å². The number of benzene rings is 1. The van der Waals surface area contributed by atoms with Crippen LogP contribution in [0.25, 0.3) is 0 Å². The van der Waals surface area contributed by atoms with Gasteiger partial charge in [0.1, 0.15) is 0 Å². The SMILES string of the molecule is CSc1ccccc1Cn1cccc1C=O. The molecule has 0 aliphatic carbocycles. The Morgan fingerprint density at radius 2 is 2.06 bits per heavy atom. The van der Waals surface area contributed by atoms with Crippen molar-refractivity contribution in [3.05, 3.63) is 53.9 Å². The largest absolute Gasteiger partial charge is 0.341 e. The van der Waals surface area contributed by atoms with Gasteiger partial charge in [0.25, 0.3) is 0 Å². The van der Waals surface area contributed by atoms with E-state index in [4.69, 9.17) is 0 Å². The molecule has 2 nitrogen and oxygen atoms in total. The second-order valence-corrected chi connectivity index (χ2v) is 4.34. The average Bonchev–Trinajstić information content (AvgIpc) is 2.77. The number of rotatable bonds is 4. The lowest BCUT2D eigenvalue weighted by Gasteiger charge is -2.09. The highest BCUT2D eigenvalue weighted by Crippen LogP contribution is 2.21. The lowest BCUT2D eigenvalue weighted by atomic mass is 10.2. The quantitative estimate of drug-likeness (QED) is 0.596. The van der Waals surface area contributed by atoms with Gasteiger partial charge in [-0.15, -0.1) is 11.8 Å². The Balaban J connectivity index is 2.30. The number of aromatic nitrogens is 1. The van der Waals surface area contributed by atoms with Crippen LogP contribution in [-0.2, 0) is 6.54 Å². The first-order valence-electron chi connectivity index (χ1n) is 5.07. The molecule has 82 valence electrons. The summed E-state index contributed by atoms with van der Waals surface area (Å²) < 4.78 is 1.96. The molecule has 0 unspecified atom stereocenters. The van der Waals surface area contributed by atoms with Crippen LogP contribution in [0.5, 0.6) is 0 Å². The summed E-state index contributed by atoms with van der Waals surface area (Å²) in [5.41, 5.74) is 1.96. The number of hydrogen-bond donors (Lipinski definition) is 0. The fourth-order valence-electron chi connectivity index (χ4n) is 1.70. The van der Waals surface area contributed by atoms with Gasteiger partial charge < -0.3 is 4.57 Å². The highest BCUT2D eigenvalue weighted by Gasteiger charge is 2.03. The number of carbonyl (C=O) groups is 1. The molecule has 0 amide bonds. The molecule has 0 radical (unpaired) electrons. The highest BCUT2D eigenvalue weighted by molar-refractivity contribution is 7.98. The molecule has 0 aliphatic heterocycles. The predicted octanol–water partition coefficient (Wildman–Crippen LogP) is 3.07. The fourth-order valence-corrected chi connectivity index (χ4v) is 2.30. The first-order chi connectivity index (χ1) is 7.85. The van der Waals surface area contributed by atoms with Gasteiger partial charge in [-0.2, -0.15) is 0 Å². The van der Waals surface area contributed by atoms with Crippen molar-refractivity contribution in [3.63, 3.8) is 0 Å². The fraction of sp³-hybridized carbons (Fsp3) is 0.154.